The smallest absolute Gasteiger partial charge is 0.224 e. The molecule has 1 aromatic heterocycles. The van der Waals surface area contributed by atoms with E-state index in [2.05, 4.69) is 44.9 Å². The number of nitrogens with zero attached hydrogens (tertiary/aromatic N) is 2. The second kappa shape index (κ2) is 6.67. The minimum absolute atomic E-state index is 0.493. The number of aromatic nitrogens is 2. The van der Waals surface area contributed by atoms with E-state index < -0.39 is 0 Å². The molecule has 0 amide bonds. The highest BCUT2D eigenvalue weighted by Crippen LogP contribution is 2.22. The molecule has 0 atom stereocenters. The number of hydrogen-bond donors (Lipinski definition) is 2. The lowest BCUT2D eigenvalue weighted by molar-refractivity contribution is 0.458. The van der Waals surface area contributed by atoms with Gasteiger partial charge in [-0.15, -0.1) is 0 Å². The molecule has 0 radical (unpaired) electrons. The molecule has 1 aromatic carbocycles. The van der Waals surface area contributed by atoms with Gasteiger partial charge in [0.1, 0.15) is 17.4 Å². The van der Waals surface area contributed by atoms with Crippen LogP contribution < -0.4 is 16.0 Å². The summed E-state index contributed by atoms with van der Waals surface area (Å²) in [6.07, 6.45) is 1.76. The van der Waals surface area contributed by atoms with E-state index in [1.165, 1.54) is 0 Å². The van der Waals surface area contributed by atoms with Crippen molar-refractivity contribution in [2.45, 2.75) is 19.8 Å². The Kier molecular flexibility index (Phi) is 4.92. The molecule has 2 rings (SSSR count). The first kappa shape index (κ1) is 14.0. The van der Waals surface area contributed by atoms with Crippen LogP contribution in [0.1, 0.15) is 19.2 Å². The van der Waals surface area contributed by atoms with Crippen LogP contribution >= 0.6 is 22.6 Å². The van der Waals surface area contributed by atoms with Crippen LogP contribution in [0.4, 0.5) is 5.82 Å². The van der Waals surface area contributed by atoms with Crippen molar-refractivity contribution in [2.75, 3.05) is 5.43 Å². The number of aryl methyl sites for hydroxylation is 1. The number of rotatable bonds is 5. The SMILES string of the molecule is CCCc1nc(NN)cc(Oc2ccc(I)cc2)n1. The van der Waals surface area contributed by atoms with Gasteiger partial charge >= 0.3 is 0 Å². The van der Waals surface area contributed by atoms with E-state index in [9.17, 15) is 0 Å². The van der Waals surface area contributed by atoms with Crippen LogP contribution in [0, 0.1) is 3.57 Å². The highest BCUT2D eigenvalue weighted by Gasteiger charge is 2.05. The molecule has 5 nitrogen and oxygen atoms in total. The lowest BCUT2D eigenvalue weighted by Gasteiger charge is -2.08. The van der Waals surface area contributed by atoms with Crippen molar-refractivity contribution in [1.29, 1.82) is 0 Å². The van der Waals surface area contributed by atoms with E-state index in [-0.39, 0.29) is 0 Å². The van der Waals surface area contributed by atoms with Crippen LogP contribution in [-0.4, -0.2) is 9.97 Å². The van der Waals surface area contributed by atoms with E-state index in [1.807, 2.05) is 24.3 Å². The van der Waals surface area contributed by atoms with Crippen molar-refractivity contribution in [3.8, 4) is 11.6 Å². The third kappa shape index (κ3) is 4.03. The third-order valence-corrected chi connectivity index (χ3v) is 3.13. The zero-order valence-corrected chi connectivity index (χ0v) is 12.7. The fourth-order valence-corrected chi connectivity index (χ4v) is 1.92. The molecule has 0 unspecified atom stereocenters. The first-order chi connectivity index (χ1) is 9.21. The summed E-state index contributed by atoms with van der Waals surface area (Å²) in [5.74, 6) is 7.91. The maximum absolute atomic E-state index is 5.71. The van der Waals surface area contributed by atoms with Gasteiger partial charge in [0.05, 0.1) is 0 Å². The molecule has 3 N–H and O–H groups in total. The van der Waals surface area contributed by atoms with Gasteiger partial charge in [-0.25, -0.2) is 10.8 Å². The number of hydrogen-bond acceptors (Lipinski definition) is 5. The summed E-state index contributed by atoms with van der Waals surface area (Å²) >= 11 is 2.25. The number of nitrogens with one attached hydrogen (secondary N) is 1. The van der Waals surface area contributed by atoms with Crippen LogP contribution in [0.5, 0.6) is 11.6 Å². The Balaban J connectivity index is 2.23. The minimum atomic E-state index is 0.493. The number of ether oxygens (including phenoxy) is 1. The lowest BCUT2D eigenvalue weighted by atomic mass is 10.3. The number of nitrogen functional groups attached to an aromatic ring is 1. The topological polar surface area (TPSA) is 73.1 Å². The van der Waals surface area contributed by atoms with E-state index in [4.69, 9.17) is 10.6 Å². The second-order valence-electron chi connectivity index (χ2n) is 3.96. The van der Waals surface area contributed by atoms with Crippen LogP contribution in [0.3, 0.4) is 0 Å². The summed E-state index contributed by atoms with van der Waals surface area (Å²) in [4.78, 5) is 8.63. The maximum Gasteiger partial charge on any atom is 0.224 e. The normalized spacial score (nSPS) is 10.3. The molecule has 0 saturated heterocycles. The summed E-state index contributed by atoms with van der Waals surface area (Å²) in [5.41, 5.74) is 2.53. The van der Waals surface area contributed by atoms with Crippen LogP contribution in [0.25, 0.3) is 0 Å². The summed E-state index contributed by atoms with van der Waals surface area (Å²) in [6.45, 7) is 2.07. The van der Waals surface area contributed by atoms with Crippen molar-refractivity contribution in [3.05, 3.63) is 39.7 Å². The Morgan fingerprint density at radius 3 is 2.63 bits per heavy atom. The maximum atomic E-state index is 5.71. The van der Waals surface area contributed by atoms with Crippen molar-refractivity contribution < 1.29 is 4.74 Å². The van der Waals surface area contributed by atoms with E-state index >= 15 is 0 Å². The molecule has 0 saturated carbocycles. The van der Waals surface area contributed by atoms with Gasteiger partial charge in [-0.1, -0.05) is 6.92 Å². The zero-order chi connectivity index (χ0) is 13.7. The van der Waals surface area contributed by atoms with E-state index in [0.29, 0.717) is 11.7 Å². The molecule has 19 heavy (non-hydrogen) atoms. The number of halogens is 1. The molecular weight excluding hydrogens is 355 g/mol. The third-order valence-electron chi connectivity index (χ3n) is 2.41. The summed E-state index contributed by atoms with van der Waals surface area (Å²) in [7, 11) is 0. The van der Waals surface area contributed by atoms with Gasteiger partial charge in [0.25, 0.3) is 0 Å². The van der Waals surface area contributed by atoms with Gasteiger partial charge in [-0.05, 0) is 53.3 Å². The average Bonchev–Trinajstić information content (AvgIpc) is 2.41. The Morgan fingerprint density at radius 1 is 1.26 bits per heavy atom. The molecule has 2 aromatic rings. The first-order valence-corrected chi connectivity index (χ1v) is 7.07. The molecule has 100 valence electrons. The number of hydrazine groups is 1. The predicted molar refractivity (Wildman–Crippen MR) is 83.1 cm³/mol. The standard InChI is InChI=1S/C13H15IN4O/c1-2-3-11-16-12(18-15)8-13(17-11)19-10-6-4-9(14)5-7-10/h4-8H,2-3,15H2,1H3,(H,16,17,18). The van der Waals surface area contributed by atoms with Crippen molar-refractivity contribution in [3.63, 3.8) is 0 Å². The Bertz CT molecular complexity index is 545. The predicted octanol–water partition coefficient (Wildman–Crippen LogP) is 3.11. The molecule has 0 spiro atoms. The molecular formula is C13H15IN4O. The van der Waals surface area contributed by atoms with Gasteiger partial charge in [0.2, 0.25) is 5.88 Å². The molecule has 0 bridgehead atoms. The summed E-state index contributed by atoms with van der Waals surface area (Å²) < 4.78 is 6.87. The van der Waals surface area contributed by atoms with Crippen LogP contribution in [-0.2, 0) is 6.42 Å². The van der Waals surface area contributed by atoms with Crippen LogP contribution in [0.2, 0.25) is 0 Å². The molecule has 0 aliphatic rings. The largest absolute Gasteiger partial charge is 0.439 e. The number of benzene rings is 1. The van der Waals surface area contributed by atoms with Crippen molar-refractivity contribution >= 4 is 28.4 Å². The first-order valence-electron chi connectivity index (χ1n) is 5.99. The van der Waals surface area contributed by atoms with Crippen molar-refractivity contribution in [2.24, 2.45) is 5.84 Å². The summed E-state index contributed by atoms with van der Waals surface area (Å²) in [5, 5.41) is 0. The van der Waals surface area contributed by atoms with Gasteiger partial charge in [-0.2, -0.15) is 4.98 Å². The number of anilines is 1. The fraction of sp³-hybridized carbons (Fsp3) is 0.231. The fourth-order valence-electron chi connectivity index (χ4n) is 1.56. The molecule has 6 heteroatoms. The number of nitrogens with two attached hydrogens (primary N) is 1. The molecule has 1 heterocycles. The van der Waals surface area contributed by atoms with E-state index in [0.717, 1.165) is 28.0 Å². The van der Waals surface area contributed by atoms with Gasteiger partial charge < -0.3 is 10.2 Å². The second-order valence-corrected chi connectivity index (χ2v) is 5.20. The Hall–Kier alpha value is -1.41. The monoisotopic (exact) mass is 370 g/mol. The Morgan fingerprint density at radius 2 is 2.00 bits per heavy atom. The minimum Gasteiger partial charge on any atom is -0.439 e. The Labute approximate surface area is 125 Å². The molecule has 0 aliphatic carbocycles. The van der Waals surface area contributed by atoms with Gasteiger partial charge in [-0.3, -0.25) is 0 Å². The lowest BCUT2D eigenvalue weighted by Crippen LogP contribution is -2.10. The van der Waals surface area contributed by atoms with Gasteiger partial charge in [0.15, 0.2) is 0 Å². The average molecular weight is 370 g/mol. The van der Waals surface area contributed by atoms with Crippen molar-refractivity contribution in [1.82, 2.24) is 9.97 Å². The van der Waals surface area contributed by atoms with Crippen LogP contribution in [0.15, 0.2) is 30.3 Å². The summed E-state index contributed by atoms with van der Waals surface area (Å²) in [6, 6.07) is 9.44. The zero-order valence-electron chi connectivity index (χ0n) is 10.6. The van der Waals surface area contributed by atoms with E-state index in [1.54, 1.807) is 6.07 Å². The highest BCUT2D eigenvalue weighted by molar-refractivity contribution is 14.1. The molecule has 0 fully saturated rings. The quantitative estimate of drug-likeness (QED) is 0.481. The molecule has 0 aliphatic heterocycles. The highest BCUT2D eigenvalue weighted by atomic mass is 127. The van der Waals surface area contributed by atoms with Gasteiger partial charge in [0, 0.05) is 16.1 Å².